The first-order chi connectivity index (χ1) is 9.41. The summed E-state index contributed by atoms with van der Waals surface area (Å²) < 4.78 is 5.95. The molecule has 1 heterocycles. The zero-order valence-electron chi connectivity index (χ0n) is 12.9. The zero-order valence-corrected chi connectivity index (χ0v) is 12.9. The summed E-state index contributed by atoms with van der Waals surface area (Å²) >= 11 is 0. The van der Waals surface area contributed by atoms with Gasteiger partial charge in [-0.2, -0.15) is 0 Å². The lowest BCUT2D eigenvalue weighted by Crippen LogP contribution is -2.10. The first kappa shape index (κ1) is 14.9. The molecule has 2 heteroatoms. The maximum absolute atomic E-state index is 5.95. The number of rotatable bonds is 4. The quantitative estimate of drug-likeness (QED) is 0.875. The summed E-state index contributed by atoms with van der Waals surface area (Å²) in [4.78, 5) is 0. The Morgan fingerprint density at radius 2 is 1.70 bits per heavy atom. The maximum atomic E-state index is 5.95. The molecule has 1 unspecified atom stereocenters. The van der Waals surface area contributed by atoms with E-state index in [9.17, 15) is 0 Å². The second kappa shape index (κ2) is 5.84. The Bertz CT molecular complexity index is 546. The molecule has 0 aliphatic rings. The lowest BCUT2D eigenvalue weighted by atomic mass is 9.86. The molecule has 2 nitrogen and oxygen atoms in total. The molecule has 0 radical (unpaired) electrons. The fourth-order valence-electron chi connectivity index (χ4n) is 2.30. The highest BCUT2D eigenvalue weighted by Crippen LogP contribution is 2.29. The van der Waals surface area contributed by atoms with Crippen LogP contribution in [0.15, 0.2) is 40.8 Å². The molecule has 2 aromatic rings. The highest BCUT2D eigenvalue weighted by Gasteiger charge is 2.14. The van der Waals surface area contributed by atoms with Gasteiger partial charge in [0.25, 0.3) is 0 Å². The number of furan rings is 1. The van der Waals surface area contributed by atoms with Gasteiger partial charge < -0.3 is 10.2 Å². The van der Waals surface area contributed by atoms with E-state index in [0.29, 0.717) is 12.5 Å². The third kappa shape index (κ3) is 3.31. The maximum Gasteiger partial charge on any atom is 0.134 e. The molecule has 20 heavy (non-hydrogen) atoms. The Hall–Kier alpha value is -1.54. The van der Waals surface area contributed by atoms with Crippen molar-refractivity contribution in [1.82, 2.24) is 0 Å². The number of benzene rings is 1. The van der Waals surface area contributed by atoms with Gasteiger partial charge in [-0.05, 0) is 36.1 Å². The van der Waals surface area contributed by atoms with Gasteiger partial charge in [-0.3, -0.25) is 0 Å². The van der Waals surface area contributed by atoms with Gasteiger partial charge in [0.15, 0.2) is 0 Å². The van der Waals surface area contributed by atoms with Crippen LogP contribution in [0.25, 0.3) is 11.3 Å². The smallest absolute Gasteiger partial charge is 0.134 e. The molecule has 2 rings (SSSR count). The third-order valence-electron chi connectivity index (χ3n) is 3.75. The summed E-state index contributed by atoms with van der Waals surface area (Å²) in [7, 11) is 0. The average molecular weight is 271 g/mol. The van der Waals surface area contributed by atoms with Crippen LogP contribution in [0.3, 0.4) is 0 Å². The van der Waals surface area contributed by atoms with Crippen molar-refractivity contribution in [1.29, 1.82) is 0 Å². The van der Waals surface area contributed by atoms with Gasteiger partial charge in [-0.1, -0.05) is 52.0 Å². The lowest BCUT2D eigenvalue weighted by molar-refractivity contribution is 0.474. The van der Waals surface area contributed by atoms with Crippen LogP contribution in [0, 0.1) is 0 Å². The number of nitrogens with two attached hydrogens (primary N) is 1. The van der Waals surface area contributed by atoms with E-state index in [0.717, 1.165) is 23.5 Å². The molecule has 108 valence electrons. The molecular formula is C18H25NO. The molecule has 0 fully saturated rings. The standard InChI is InChI=1S/C18H25NO/c1-13(11-12-19)16-9-10-17(20-16)14-5-7-15(8-6-14)18(2,3)4/h5-10,13H,11-12,19H2,1-4H3. The van der Waals surface area contributed by atoms with Crippen LogP contribution in [-0.2, 0) is 5.41 Å². The molecule has 1 aromatic heterocycles. The van der Waals surface area contributed by atoms with Gasteiger partial charge in [-0.15, -0.1) is 0 Å². The Morgan fingerprint density at radius 1 is 1.05 bits per heavy atom. The molecule has 1 aromatic carbocycles. The second-order valence-electron chi connectivity index (χ2n) is 6.51. The summed E-state index contributed by atoms with van der Waals surface area (Å²) in [5.41, 5.74) is 8.25. The fourth-order valence-corrected chi connectivity index (χ4v) is 2.30. The van der Waals surface area contributed by atoms with Crippen molar-refractivity contribution in [3.8, 4) is 11.3 Å². The Morgan fingerprint density at radius 3 is 2.25 bits per heavy atom. The minimum Gasteiger partial charge on any atom is -0.461 e. The van der Waals surface area contributed by atoms with Crippen LogP contribution in [0.4, 0.5) is 0 Å². The van der Waals surface area contributed by atoms with Crippen LogP contribution in [0.5, 0.6) is 0 Å². The first-order valence-corrected chi connectivity index (χ1v) is 7.32. The van der Waals surface area contributed by atoms with E-state index < -0.39 is 0 Å². The SMILES string of the molecule is CC(CCN)c1ccc(-c2ccc(C(C)(C)C)cc2)o1. The largest absolute Gasteiger partial charge is 0.461 e. The van der Waals surface area contributed by atoms with E-state index in [1.54, 1.807) is 0 Å². The molecule has 0 aliphatic heterocycles. The summed E-state index contributed by atoms with van der Waals surface area (Å²) in [5.74, 6) is 2.33. The van der Waals surface area contributed by atoms with E-state index in [2.05, 4.69) is 64.1 Å². The third-order valence-corrected chi connectivity index (χ3v) is 3.75. The minimum absolute atomic E-state index is 0.183. The van der Waals surface area contributed by atoms with Crippen molar-refractivity contribution in [2.75, 3.05) is 6.54 Å². The number of hydrogen-bond acceptors (Lipinski definition) is 2. The van der Waals surface area contributed by atoms with Crippen molar-refractivity contribution in [3.05, 3.63) is 47.7 Å². The molecule has 0 saturated heterocycles. The van der Waals surface area contributed by atoms with Crippen LogP contribution in [0.2, 0.25) is 0 Å². The van der Waals surface area contributed by atoms with E-state index in [1.807, 2.05) is 0 Å². The topological polar surface area (TPSA) is 39.2 Å². The molecule has 1 atom stereocenters. The van der Waals surface area contributed by atoms with Crippen molar-refractivity contribution in [2.45, 2.75) is 45.4 Å². The van der Waals surface area contributed by atoms with Crippen molar-refractivity contribution < 1.29 is 4.42 Å². The van der Waals surface area contributed by atoms with Gasteiger partial charge in [0, 0.05) is 11.5 Å². The molecule has 0 amide bonds. The van der Waals surface area contributed by atoms with Gasteiger partial charge in [0.2, 0.25) is 0 Å². The molecular weight excluding hydrogens is 246 g/mol. The van der Waals surface area contributed by atoms with Crippen molar-refractivity contribution >= 4 is 0 Å². The van der Waals surface area contributed by atoms with E-state index in [1.165, 1.54) is 5.56 Å². The Kier molecular flexibility index (Phi) is 4.34. The van der Waals surface area contributed by atoms with Gasteiger partial charge in [0.05, 0.1) is 0 Å². The second-order valence-corrected chi connectivity index (χ2v) is 6.51. The summed E-state index contributed by atoms with van der Waals surface area (Å²) in [6, 6.07) is 12.7. The van der Waals surface area contributed by atoms with E-state index in [-0.39, 0.29) is 5.41 Å². The monoisotopic (exact) mass is 271 g/mol. The first-order valence-electron chi connectivity index (χ1n) is 7.32. The summed E-state index contributed by atoms with van der Waals surface area (Å²) in [6.45, 7) is 9.51. The predicted molar refractivity (Wildman–Crippen MR) is 84.9 cm³/mol. The van der Waals surface area contributed by atoms with Crippen molar-refractivity contribution in [2.24, 2.45) is 5.73 Å². The molecule has 0 aliphatic carbocycles. The summed E-state index contributed by atoms with van der Waals surface area (Å²) in [6.07, 6.45) is 0.954. The molecule has 0 bridgehead atoms. The van der Waals surface area contributed by atoms with Crippen LogP contribution >= 0.6 is 0 Å². The van der Waals surface area contributed by atoms with Crippen LogP contribution < -0.4 is 5.73 Å². The van der Waals surface area contributed by atoms with Crippen LogP contribution in [0.1, 0.15) is 51.4 Å². The summed E-state index contributed by atoms with van der Waals surface area (Å²) in [5, 5.41) is 0. The number of hydrogen-bond donors (Lipinski definition) is 1. The van der Waals surface area contributed by atoms with Gasteiger partial charge in [-0.25, -0.2) is 0 Å². The average Bonchev–Trinajstić information content (AvgIpc) is 2.88. The molecule has 0 saturated carbocycles. The van der Waals surface area contributed by atoms with E-state index in [4.69, 9.17) is 10.2 Å². The highest BCUT2D eigenvalue weighted by atomic mass is 16.3. The fraction of sp³-hybridized carbons (Fsp3) is 0.444. The highest BCUT2D eigenvalue weighted by molar-refractivity contribution is 5.58. The molecule has 2 N–H and O–H groups in total. The minimum atomic E-state index is 0.183. The normalized spacial score (nSPS) is 13.4. The zero-order chi connectivity index (χ0) is 14.8. The predicted octanol–water partition coefficient (Wildman–Crippen LogP) is 4.70. The Labute approximate surface area is 122 Å². The van der Waals surface area contributed by atoms with Gasteiger partial charge >= 0.3 is 0 Å². The van der Waals surface area contributed by atoms with E-state index >= 15 is 0 Å². The van der Waals surface area contributed by atoms with Crippen molar-refractivity contribution in [3.63, 3.8) is 0 Å². The van der Waals surface area contributed by atoms with Crippen LogP contribution in [-0.4, -0.2) is 6.54 Å². The molecule has 0 spiro atoms. The van der Waals surface area contributed by atoms with Gasteiger partial charge in [0.1, 0.15) is 11.5 Å². The Balaban J connectivity index is 2.20. The lowest BCUT2D eigenvalue weighted by Gasteiger charge is -2.18.